The summed E-state index contributed by atoms with van der Waals surface area (Å²) in [5, 5.41) is 15.3. The van der Waals surface area contributed by atoms with E-state index in [-0.39, 0.29) is 24.0 Å². The van der Waals surface area contributed by atoms with Gasteiger partial charge in [-0.05, 0) is 17.9 Å². The molecule has 1 fully saturated rings. The van der Waals surface area contributed by atoms with Crippen molar-refractivity contribution < 1.29 is 28.7 Å². The van der Waals surface area contributed by atoms with E-state index in [1.807, 2.05) is 74.5 Å². The van der Waals surface area contributed by atoms with E-state index in [1.165, 1.54) is 6.92 Å². The summed E-state index contributed by atoms with van der Waals surface area (Å²) in [6.45, 7) is 5.18. The molecule has 0 radical (unpaired) electrons. The lowest BCUT2D eigenvalue weighted by molar-refractivity contribution is -0.222. The van der Waals surface area contributed by atoms with Crippen LogP contribution in [0.25, 0.3) is 0 Å². The molecule has 0 aromatic heterocycles. The number of amides is 1. The third-order valence-electron chi connectivity index (χ3n) is 7.08. The van der Waals surface area contributed by atoms with Gasteiger partial charge in [0.25, 0.3) is 5.91 Å². The maximum Gasteiger partial charge on any atom is 0.302 e. The second-order valence-electron chi connectivity index (χ2n) is 9.38. The van der Waals surface area contributed by atoms with E-state index in [9.17, 15) is 19.3 Å². The summed E-state index contributed by atoms with van der Waals surface area (Å²) in [7, 11) is -3.40. The first-order valence-corrected chi connectivity index (χ1v) is 14.0. The van der Waals surface area contributed by atoms with Crippen LogP contribution in [0.1, 0.15) is 31.1 Å². The fraction of sp³-hybridized carbons (Fsp3) is 0.310. The monoisotopic (exact) mass is 521 g/mol. The van der Waals surface area contributed by atoms with Crippen molar-refractivity contribution in [3.05, 3.63) is 90.5 Å². The van der Waals surface area contributed by atoms with Crippen molar-refractivity contribution in [1.29, 1.82) is 0 Å². The van der Waals surface area contributed by atoms with Gasteiger partial charge >= 0.3 is 5.97 Å². The number of benzene rings is 3. The highest BCUT2D eigenvalue weighted by Crippen LogP contribution is 2.43. The van der Waals surface area contributed by atoms with Crippen molar-refractivity contribution in [2.45, 2.75) is 39.2 Å². The Morgan fingerprint density at radius 3 is 2.00 bits per heavy atom. The number of carbonyl (C=O) groups is 2. The van der Waals surface area contributed by atoms with Gasteiger partial charge in [-0.2, -0.15) is 0 Å². The molecule has 0 aliphatic carbocycles. The molecule has 1 amide bonds. The number of hydrogen-bond donors (Lipinski definition) is 2. The van der Waals surface area contributed by atoms with Gasteiger partial charge in [0.05, 0.1) is 17.7 Å². The van der Waals surface area contributed by atoms with Crippen LogP contribution in [-0.4, -0.2) is 42.0 Å². The van der Waals surface area contributed by atoms with Crippen LogP contribution in [0.3, 0.4) is 0 Å². The molecule has 37 heavy (non-hydrogen) atoms. The molecular weight excluding hydrogens is 489 g/mol. The van der Waals surface area contributed by atoms with Gasteiger partial charge in [-0.3, -0.25) is 9.59 Å². The van der Waals surface area contributed by atoms with Gasteiger partial charge in [-0.15, -0.1) is 0 Å². The molecular formula is C29H32NO6P. The summed E-state index contributed by atoms with van der Waals surface area (Å²) in [5.41, 5.74) is 0.271. The zero-order valence-corrected chi connectivity index (χ0v) is 22.0. The molecule has 3 unspecified atom stereocenters. The Morgan fingerprint density at radius 2 is 1.43 bits per heavy atom. The molecule has 4 rings (SSSR count). The smallest absolute Gasteiger partial charge is 0.302 e. The third kappa shape index (κ3) is 5.54. The molecule has 0 saturated carbocycles. The summed E-state index contributed by atoms with van der Waals surface area (Å²) in [6, 6.07) is 24.5. The molecule has 1 aliphatic heterocycles. The molecule has 0 spiro atoms. The SMILES string of the molecule is CC(=O)OCC1OC(O)C(NC(=O)c2ccccc2P(=O)(c2ccccc2)c2ccccc2)[C@@H](C)[C@H]1C. The number of ether oxygens (including phenoxy) is 2. The van der Waals surface area contributed by atoms with E-state index in [0.717, 1.165) is 0 Å². The predicted molar refractivity (Wildman–Crippen MR) is 143 cm³/mol. The maximum absolute atomic E-state index is 14.9. The molecule has 7 nitrogen and oxygen atoms in total. The van der Waals surface area contributed by atoms with E-state index in [0.29, 0.717) is 15.9 Å². The van der Waals surface area contributed by atoms with Crippen molar-refractivity contribution in [1.82, 2.24) is 5.32 Å². The van der Waals surface area contributed by atoms with Gasteiger partial charge in [0.15, 0.2) is 13.4 Å². The Labute approximate surface area is 217 Å². The van der Waals surface area contributed by atoms with Gasteiger partial charge in [0.1, 0.15) is 6.61 Å². The van der Waals surface area contributed by atoms with Crippen molar-refractivity contribution in [2.24, 2.45) is 11.8 Å². The number of hydrogen-bond acceptors (Lipinski definition) is 6. The van der Waals surface area contributed by atoms with Gasteiger partial charge in [-0.1, -0.05) is 92.7 Å². The molecule has 194 valence electrons. The third-order valence-corrected chi connectivity index (χ3v) is 10.2. The molecule has 0 bridgehead atoms. The van der Waals surface area contributed by atoms with Crippen LogP contribution in [0.4, 0.5) is 0 Å². The lowest BCUT2D eigenvalue weighted by Gasteiger charge is -2.42. The molecule has 1 aliphatic rings. The van der Waals surface area contributed by atoms with E-state index in [1.54, 1.807) is 24.3 Å². The normalized spacial score (nSPS) is 23.7. The Bertz CT molecular complexity index is 1240. The molecule has 5 atom stereocenters. The fourth-order valence-corrected chi connectivity index (χ4v) is 7.63. The quantitative estimate of drug-likeness (QED) is 0.366. The van der Waals surface area contributed by atoms with Crippen LogP contribution in [0, 0.1) is 11.8 Å². The second kappa shape index (κ2) is 11.4. The van der Waals surface area contributed by atoms with Crippen molar-refractivity contribution in [3.63, 3.8) is 0 Å². The topological polar surface area (TPSA) is 102 Å². The second-order valence-corrected chi connectivity index (χ2v) is 12.1. The molecule has 1 heterocycles. The highest BCUT2D eigenvalue weighted by Gasteiger charge is 2.42. The molecule has 1 saturated heterocycles. The van der Waals surface area contributed by atoms with Crippen molar-refractivity contribution in [2.75, 3.05) is 6.61 Å². The van der Waals surface area contributed by atoms with Gasteiger partial charge < -0.3 is 24.5 Å². The zero-order valence-electron chi connectivity index (χ0n) is 21.1. The summed E-state index contributed by atoms with van der Waals surface area (Å²) < 4.78 is 25.7. The van der Waals surface area contributed by atoms with Crippen LogP contribution >= 0.6 is 7.14 Å². The summed E-state index contributed by atoms with van der Waals surface area (Å²) in [6.07, 6.45) is -1.79. The van der Waals surface area contributed by atoms with Gasteiger partial charge in [0, 0.05) is 22.8 Å². The summed E-state index contributed by atoms with van der Waals surface area (Å²) in [4.78, 5) is 24.9. The largest absolute Gasteiger partial charge is 0.463 e. The van der Waals surface area contributed by atoms with E-state index in [2.05, 4.69) is 5.32 Å². The van der Waals surface area contributed by atoms with Crippen LogP contribution in [0.15, 0.2) is 84.9 Å². The average molecular weight is 522 g/mol. The number of carbonyl (C=O) groups excluding carboxylic acids is 2. The average Bonchev–Trinajstić information content (AvgIpc) is 2.92. The van der Waals surface area contributed by atoms with E-state index in [4.69, 9.17) is 9.47 Å². The number of aliphatic hydroxyl groups is 1. The van der Waals surface area contributed by atoms with Gasteiger partial charge in [0.2, 0.25) is 0 Å². The Balaban J connectivity index is 1.67. The highest BCUT2D eigenvalue weighted by molar-refractivity contribution is 7.85. The minimum atomic E-state index is -3.40. The Morgan fingerprint density at radius 1 is 0.892 bits per heavy atom. The summed E-state index contributed by atoms with van der Waals surface area (Å²) >= 11 is 0. The van der Waals surface area contributed by atoms with Crippen LogP contribution in [0.2, 0.25) is 0 Å². The Hall–Kier alpha value is -3.25. The minimum absolute atomic E-state index is 0.0265. The van der Waals surface area contributed by atoms with Crippen molar-refractivity contribution in [3.8, 4) is 0 Å². The molecule has 3 aromatic rings. The number of esters is 1. The zero-order chi connectivity index (χ0) is 26.6. The van der Waals surface area contributed by atoms with Gasteiger partial charge in [-0.25, -0.2) is 0 Å². The maximum atomic E-state index is 14.9. The number of aliphatic hydroxyl groups excluding tert-OH is 1. The van der Waals surface area contributed by atoms with Crippen LogP contribution in [-0.2, 0) is 18.8 Å². The fourth-order valence-electron chi connectivity index (χ4n) is 4.78. The number of nitrogens with one attached hydrogen (secondary N) is 1. The van der Waals surface area contributed by atoms with Crippen molar-refractivity contribution >= 4 is 34.9 Å². The first kappa shape index (κ1) is 26.8. The molecule has 8 heteroatoms. The summed E-state index contributed by atoms with van der Waals surface area (Å²) in [5.74, 6) is -1.17. The Kier molecular flexibility index (Phi) is 8.28. The lowest BCUT2D eigenvalue weighted by Crippen LogP contribution is -2.58. The van der Waals surface area contributed by atoms with E-state index >= 15 is 0 Å². The minimum Gasteiger partial charge on any atom is -0.463 e. The lowest BCUT2D eigenvalue weighted by atomic mass is 9.82. The van der Waals surface area contributed by atoms with E-state index < -0.39 is 37.5 Å². The molecule has 2 N–H and O–H groups in total. The molecule has 3 aromatic carbocycles. The first-order valence-electron chi connectivity index (χ1n) is 12.3. The standard InChI is InChI=1S/C29H32NO6P/c1-19-20(2)27(29(33)36-25(19)18-35-21(3)31)30-28(32)24-16-10-11-17-26(24)37(34,22-12-6-4-7-13-22)23-14-8-5-9-15-23/h4-17,19-20,25,27,29,33H,18H2,1-3H3,(H,30,32)/t19-,20+,25?,27?,29?/m1/s1. The first-order chi connectivity index (χ1) is 17.7. The van der Waals surface area contributed by atoms with Crippen LogP contribution in [0.5, 0.6) is 0 Å². The number of rotatable bonds is 7. The predicted octanol–water partition coefficient (Wildman–Crippen LogP) is 2.98. The van der Waals surface area contributed by atoms with Crippen LogP contribution < -0.4 is 21.2 Å². The highest BCUT2D eigenvalue weighted by atomic mass is 31.2.